The predicted molar refractivity (Wildman–Crippen MR) is 70.7 cm³/mol. The maximum Gasteiger partial charge on any atom is 0.361 e. The molecule has 0 saturated carbocycles. The van der Waals surface area contributed by atoms with Gasteiger partial charge in [0.25, 0.3) is 5.69 Å². The number of carbonyl (C=O) groups excluding carboxylic acids is 1. The lowest BCUT2D eigenvalue weighted by Crippen LogP contribution is -2.13. The summed E-state index contributed by atoms with van der Waals surface area (Å²) in [7, 11) is 1.63. The zero-order chi connectivity index (χ0) is 14.9. The van der Waals surface area contributed by atoms with Gasteiger partial charge in [-0.15, -0.1) is 0 Å². The second-order valence-corrected chi connectivity index (χ2v) is 4.39. The van der Waals surface area contributed by atoms with Crippen LogP contribution in [0.15, 0.2) is 24.3 Å². The molecule has 0 fully saturated rings. The van der Waals surface area contributed by atoms with Gasteiger partial charge in [-0.1, -0.05) is 0 Å². The van der Waals surface area contributed by atoms with E-state index in [1.807, 2.05) is 0 Å². The van der Waals surface area contributed by atoms with E-state index in [1.54, 1.807) is 27.0 Å². The standard InChI is InChI=1S/C13H13N3O4/c1-8-4-5-10(7-11(8)16(18)19)20-13(17)12-6-9(2)14-15(12)3/h4-7H,1-3H3. The van der Waals surface area contributed by atoms with E-state index in [2.05, 4.69) is 5.10 Å². The number of hydrogen-bond donors (Lipinski definition) is 0. The van der Waals surface area contributed by atoms with Crippen molar-refractivity contribution in [1.82, 2.24) is 9.78 Å². The number of carbonyl (C=O) groups is 1. The highest BCUT2D eigenvalue weighted by Gasteiger charge is 2.17. The Balaban J connectivity index is 2.26. The Labute approximate surface area is 114 Å². The number of ether oxygens (including phenoxy) is 1. The molecule has 20 heavy (non-hydrogen) atoms. The quantitative estimate of drug-likeness (QED) is 0.371. The summed E-state index contributed by atoms with van der Waals surface area (Å²) in [5, 5.41) is 14.9. The first-order valence-electron chi connectivity index (χ1n) is 5.86. The normalized spacial score (nSPS) is 10.3. The van der Waals surface area contributed by atoms with Gasteiger partial charge in [-0.25, -0.2) is 4.79 Å². The van der Waals surface area contributed by atoms with Crippen LogP contribution >= 0.6 is 0 Å². The molecule has 2 rings (SSSR count). The molecule has 0 aliphatic carbocycles. The molecular weight excluding hydrogens is 262 g/mol. The molecule has 0 aliphatic rings. The summed E-state index contributed by atoms with van der Waals surface area (Å²) in [6.07, 6.45) is 0. The number of nitro groups is 1. The van der Waals surface area contributed by atoms with Crippen molar-refractivity contribution in [2.24, 2.45) is 7.05 Å². The maximum atomic E-state index is 12.0. The van der Waals surface area contributed by atoms with Gasteiger partial charge in [-0.05, 0) is 32.0 Å². The van der Waals surface area contributed by atoms with Crippen molar-refractivity contribution in [1.29, 1.82) is 0 Å². The summed E-state index contributed by atoms with van der Waals surface area (Å²) < 4.78 is 6.54. The number of nitro benzene ring substituents is 1. The minimum absolute atomic E-state index is 0.0866. The minimum Gasteiger partial charge on any atom is -0.422 e. The second-order valence-electron chi connectivity index (χ2n) is 4.39. The highest BCUT2D eigenvalue weighted by atomic mass is 16.6. The molecule has 1 aromatic heterocycles. The van der Waals surface area contributed by atoms with Crippen molar-refractivity contribution >= 4 is 11.7 Å². The summed E-state index contributed by atoms with van der Waals surface area (Å²) in [6, 6.07) is 5.88. The molecule has 0 saturated heterocycles. The molecular formula is C13H13N3O4. The molecule has 1 aromatic carbocycles. The summed E-state index contributed by atoms with van der Waals surface area (Å²) in [5.41, 5.74) is 1.39. The molecule has 0 amide bonds. The monoisotopic (exact) mass is 275 g/mol. The topological polar surface area (TPSA) is 87.3 Å². The Kier molecular flexibility index (Phi) is 3.51. The summed E-state index contributed by atoms with van der Waals surface area (Å²) in [5.74, 6) is -0.475. The number of rotatable bonds is 3. The van der Waals surface area contributed by atoms with E-state index in [0.717, 1.165) is 0 Å². The highest BCUT2D eigenvalue weighted by Crippen LogP contribution is 2.24. The van der Waals surface area contributed by atoms with Crippen molar-refractivity contribution in [3.05, 3.63) is 51.3 Å². The summed E-state index contributed by atoms with van der Waals surface area (Å²) >= 11 is 0. The molecule has 0 spiro atoms. The van der Waals surface area contributed by atoms with Crippen LogP contribution in [0.2, 0.25) is 0 Å². The van der Waals surface area contributed by atoms with Crippen LogP contribution < -0.4 is 4.74 Å². The van der Waals surface area contributed by atoms with Gasteiger partial charge in [-0.2, -0.15) is 5.10 Å². The van der Waals surface area contributed by atoms with Crippen LogP contribution in [0.4, 0.5) is 5.69 Å². The summed E-state index contributed by atoms with van der Waals surface area (Å²) in [6.45, 7) is 3.38. The van der Waals surface area contributed by atoms with Gasteiger partial charge in [0.2, 0.25) is 0 Å². The highest BCUT2D eigenvalue weighted by molar-refractivity contribution is 5.89. The van der Waals surface area contributed by atoms with E-state index in [4.69, 9.17) is 4.74 Å². The average molecular weight is 275 g/mol. The first-order valence-corrected chi connectivity index (χ1v) is 5.86. The Morgan fingerprint density at radius 2 is 2.05 bits per heavy atom. The molecule has 7 heteroatoms. The van der Waals surface area contributed by atoms with Crippen LogP contribution in [-0.2, 0) is 7.05 Å². The van der Waals surface area contributed by atoms with Gasteiger partial charge in [0, 0.05) is 12.6 Å². The lowest BCUT2D eigenvalue weighted by Gasteiger charge is -2.05. The van der Waals surface area contributed by atoms with E-state index in [9.17, 15) is 14.9 Å². The van der Waals surface area contributed by atoms with Gasteiger partial charge in [-0.3, -0.25) is 14.8 Å². The van der Waals surface area contributed by atoms with Gasteiger partial charge in [0.15, 0.2) is 0 Å². The first kappa shape index (κ1) is 13.7. The van der Waals surface area contributed by atoms with Gasteiger partial charge in [0.05, 0.1) is 16.7 Å². The van der Waals surface area contributed by atoms with Crippen molar-refractivity contribution in [3.63, 3.8) is 0 Å². The fourth-order valence-electron chi connectivity index (χ4n) is 1.81. The average Bonchev–Trinajstić information content (AvgIpc) is 2.70. The van der Waals surface area contributed by atoms with E-state index in [1.165, 1.54) is 22.9 Å². The Morgan fingerprint density at radius 3 is 2.60 bits per heavy atom. The largest absolute Gasteiger partial charge is 0.422 e. The van der Waals surface area contributed by atoms with Gasteiger partial charge < -0.3 is 4.74 Å². The Morgan fingerprint density at radius 1 is 1.35 bits per heavy atom. The molecule has 1 heterocycles. The molecule has 7 nitrogen and oxygen atoms in total. The second kappa shape index (κ2) is 5.12. The lowest BCUT2D eigenvalue weighted by molar-refractivity contribution is -0.385. The van der Waals surface area contributed by atoms with Gasteiger partial charge >= 0.3 is 5.97 Å². The minimum atomic E-state index is -0.605. The number of nitrogens with zero attached hydrogens (tertiary/aromatic N) is 3. The third kappa shape index (κ3) is 2.66. The first-order chi connectivity index (χ1) is 9.38. The fraction of sp³-hybridized carbons (Fsp3) is 0.231. The van der Waals surface area contributed by atoms with Crippen molar-refractivity contribution < 1.29 is 14.5 Å². The van der Waals surface area contributed by atoms with Crippen LogP contribution in [0.3, 0.4) is 0 Å². The molecule has 0 atom stereocenters. The number of hydrogen-bond acceptors (Lipinski definition) is 5. The smallest absolute Gasteiger partial charge is 0.361 e. The van der Waals surface area contributed by atoms with Crippen molar-refractivity contribution in [3.8, 4) is 5.75 Å². The zero-order valence-electron chi connectivity index (χ0n) is 11.3. The van der Waals surface area contributed by atoms with Crippen molar-refractivity contribution in [2.45, 2.75) is 13.8 Å². The van der Waals surface area contributed by atoms with Crippen LogP contribution in [0.25, 0.3) is 0 Å². The lowest BCUT2D eigenvalue weighted by atomic mass is 10.2. The molecule has 2 aromatic rings. The number of aryl methyl sites for hydroxylation is 3. The third-order valence-electron chi connectivity index (χ3n) is 2.80. The molecule has 104 valence electrons. The number of benzene rings is 1. The Bertz CT molecular complexity index is 691. The Hall–Kier alpha value is -2.70. The van der Waals surface area contributed by atoms with E-state index < -0.39 is 10.9 Å². The number of aromatic nitrogens is 2. The molecule has 0 unspecified atom stereocenters. The zero-order valence-corrected chi connectivity index (χ0v) is 11.3. The van der Waals surface area contributed by atoms with E-state index in [0.29, 0.717) is 11.3 Å². The van der Waals surface area contributed by atoms with Crippen LogP contribution in [0.5, 0.6) is 5.75 Å². The van der Waals surface area contributed by atoms with E-state index in [-0.39, 0.29) is 17.1 Å². The molecule has 0 aliphatic heterocycles. The third-order valence-corrected chi connectivity index (χ3v) is 2.80. The summed E-state index contributed by atoms with van der Waals surface area (Å²) in [4.78, 5) is 22.3. The van der Waals surface area contributed by atoms with Crippen molar-refractivity contribution in [2.75, 3.05) is 0 Å². The fourth-order valence-corrected chi connectivity index (χ4v) is 1.81. The van der Waals surface area contributed by atoms with Crippen LogP contribution in [0, 0.1) is 24.0 Å². The maximum absolute atomic E-state index is 12.0. The number of esters is 1. The molecule has 0 N–H and O–H groups in total. The molecule has 0 bridgehead atoms. The van der Waals surface area contributed by atoms with Crippen LogP contribution in [0.1, 0.15) is 21.7 Å². The van der Waals surface area contributed by atoms with Gasteiger partial charge in [0.1, 0.15) is 11.4 Å². The predicted octanol–water partition coefficient (Wildman–Crippen LogP) is 2.16. The SMILES string of the molecule is Cc1cc(C(=O)Oc2ccc(C)c([N+](=O)[O-])c2)n(C)n1. The molecule has 0 radical (unpaired) electrons. The van der Waals surface area contributed by atoms with E-state index >= 15 is 0 Å². The van der Waals surface area contributed by atoms with Crippen LogP contribution in [-0.4, -0.2) is 20.7 Å².